The Hall–Kier alpha value is -1.86. The monoisotopic (exact) mass is 464 g/mol. The molecular weight excluding hydrogens is 450 g/mol. The van der Waals surface area contributed by atoms with Gasteiger partial charge in [-0.1, -0.05) is 53.2 Å². The lowest BCUT2D eigenvalue weighted by Gasteiger charge is -2.13. The molecule has 0 radical (unpaired) electrons. The highest BCUT2D eigenvalue weighted by atomic mass is 35.5. The van der Waals surface area contributed by atoms with Gasteiger partial charge in [0.15, 0.2) is 5.16 Å². The molecule has 0 saturated carbocycles. The summed E-state index contributed by atoms with van der Waals surface area (Å²) in [5.41, 5.74) is 2.05. The summed E-state index contributed by atoms with van der Waals surface area (Å²) >= 11 is 14.8. The first kappa shape index (κ1) is 20.4. The Morgan fingerprint density at radius 3 is 2.66 bits per heavy atom. The largest absolute Gasteiger partial charge is 0.286 e. The summed E-state index contributed by atoms with van der Waals surface area (Å²) in [6.07, 6.45) is 0.656. The molecule has 0 spiro atoms. The van der Waals surface area contributed by atoms with Crippen molar-refractivity contribution in [3.63, 3.8) is 0 Å². The van der Waals surface area contributed by atoms with Crippen LogP contribution in [0.2, 0.25) is 10.0 Å². The number of aryl methyl sites for hydroxylation is 1. The van der Waals surface area contributed by atoms with Crippen molar-refractivity contribution in [3.05, 3.63) is 91.3 Å². The van der Waals surface area contributed by atoms with Gasteiger partial charge in [0.25, 0.3) is 5.56 Å². The third-order valence-corrected chi connectivity index (χ3v) is 6.98. The molecule has 0 aliphatic rings. The van der Waals surface area contributed by atoms with E-state index in [2.05, 4.69) is 4.98 Å². The molecule has 0 aliphatic carbocycles. The average Bonchev–Trinajstić information content (AvgIpc) is 3.17. The first-order valence-corrected chi connectivity index (χ1v) is 11.4. The van der Waals surface area contributed by atoms with Gasteiger partial charge in [0, 0.05) is 27.9 Å². The van der Waals surface area contributed by atoms with Gasteiger partial charge in [-0.3, -0.25) is 9.36 Å². The van der Waals surface area contributed by atoms with Gasteiger partial charge < -0.3 is 0 Å². The van der Waals surface area contributed by atoms with E-state index in [0.717, 1.165) is 5.56 Å². The summed E-state index contributed by atoms with van der Waals surface area (Å²) < 4.78 is 16.4. The number of thioether (sulfide) groups is 1. The molecule has 0 unspecified atom stereocenters. The van der Waals surface area contributed by atoms with Gasteiger partial charge in [0.2, 0.25) is 0 Å². The fourth-order valence-corrected chi connectivity index (χ4v) is 5.20. The van der Waals surface area contributed by atoms with Crippen LogP contribution in [-0.4, -0.2) is 9.55 Å². The van der Waals surface area contributed by atoms with Gasteiger partial charge in [-0.05, 0) is 47.7 Å². The van der Waals surface area contributed by atoms with Crippen LogP contribution in [0.15, 0.2) is 63.9 Å². The highest BCUT2D eigenvalue weighted by Crippen LogP contribution is 2.29. The van der Waals surface area contributed by atoms with E-state index >= 15 is 0 Å². The van der Waals surface area contributed by atoms with E-state index in [-0.39, 0.29) is 17.1 Å². The van der Waals surface area contributed by atoms with E-state index in [1.54, 1.807) is 16.7 Å². The van der Waals surface area contributed by atoms with Crippen LogP contribution in [0.25, 0.3) is 10.2 Å². The summed E-state index contributed by atoms with van der Waals surface area (Å²) in [5, 5.41) is 3.44. The molecule has 4 rings (SSSR count). The van der Waals surface area contributed by atoms with E-state index in [1.807, 2.05) is 35.7 Å². The van der Waals surface area contributed by atoms with Crippen LogP contribution in [-0.2, 0) is 18.7 Å². The van der Waals surface area contributed by atoms with Crippen LogP contribution < -0.4 is 5.56 Å². The second-order valence-corrected chi connectivity index (χ2v) is 9.05. The van der Waals surface area contributed by atoms with Crippen LogP contribution in [0.5, 0.6) is 0 Å². The first-order chi connectivity index (χ1) is 14.0. The van der Waals surface area contributed by atoms with Crippen molar-refractivity contribution >= 4 is 56.5 Å². The molecule has 0 aliphatic heterocycles. The van der Waals surface area contributed by atoms with Crippen LogP contribution in [0.1, 0.15) is 11.1 Å². The summed E-state index contributed by atoms with van der Waals surface area (Å²) in [5.74, 6) is -0.0779. The van der Waals surface area contributed by atoms with E-state index in [9.17, 15) is 9.18 Å². The van der Waals surface area contributed by atoms with Crippen molar-refractivity contribution < 1.29 is 4.39 Å². The Bertz CT molecular complexity index is 1200. The zero-order chi connectivity index (χ0) is 20.4. The fourth-order valence-electron chi connectivity index (χ4n) is 2.93. The minimum absolute atomic E-state index is 0.0823. The first-order valence-electron chi connectivity index (χ1n) is 8.81. The fraction of sp³-hybridized carbons (Fsp3) is 0.143. The standard InChI is InChI=1S/C21H15Cl2FN2OS2/c22-14-6-4-13(5-7-14)8-10-26-20(27)19-18(9-11-28-19)25-21(26)29-12-15-16(23)2-1-3-17(15)24/h1-7,9,11H,8,10,12H2. The number of halogens is 3. The average molecular weight is 465 g/mol. The highest BCUT2D eigenvalue weighted by Gasteiger charge is 2.15. The quantitative estimate of drug-likeness (QED) is 0.243. The van der Waals surface area contributed by atoms with Crippen molar-refractivity contribution in [2.45, 2.75) is 23.9 Å². The van der Waals surface area contributed by atoms with Crippen molar-refractivity contribution in [1.82, 2.24) is 9.55 Å². The predicted molar refractivity (Wildman–Crippen MR) is 120 cm³/mol. The van der Waals surface area contributed by atoms with Gasteiger partial charge >= 0.3 is 0 Å². The van der Waals surface area contributed by atoms with Gasteiger partial charge in [-0.2, -0.15) is 0 Å². The van der Waals surface area contributed by atoms with Crippen LogP contribution in [0, 0.1) is 5.82 Å². The molecule has 2 heterocycles. The van der Waals surface area contributed by atoms with E-state index in [1.165, 1.54) is 29.2 Å². The molecule has 4 aromatic rings. The molecule has 29 heavy (non-hydrogen) atoms. The Labute approximate surface area is 185 Å². The smallest absolute Gasteiger partial charge is 0.272 e. The molecule has 8 heteroatoms. The third-order valence-electron chi connectivity index (χ3n) is 4.48. The van der Waals surface area contributed by atoms with Gasteiger partial charge in [-0.15, -0.1) is 11.3 Å². The topological polar surface area (TPSA) is 34.9 Å². The van der Waals surface area contributed by atoms with Gasteiger partial charge in [-0.25, -0.2) is 9.37 Å². The Morgan fingerprint density at radius 1 is 1.10 bits per heavy atom. The Morgan fingerprint density at radius 2 is 1.90 bits per heavy atom. The molecule has 0 saturated heterocycles. The lowest BCUT2D eigenvalue weighted by atomic mass is 10.1. The molecule has 2 aromatic carbocycles. The number of nitrogens with zero attached hydrogens (tertiary/aromatic N) is 2. The second kappa shape index (κ2) is 8.88. The lowest BCUT2D eigenvalue weighted by molar-refractivity contribution is 0.595. The predicted octanol–water partition coefficient (Wildman–Crippen LogP) is 6.44. The zero-order valence-corrected chi connectivity index (χ0v) is 18.2. The van der Waals surface area contributed by atoms with Crippen LogP contribution >= 0.6 is 46.3 Å². The molecule has 0 atom stereocenters. The van der Waals surface area contributed by atoms with E-state index in [4.69, 9.17) is 23.2 Å². The number of hydrogen-bond donors (Lipinski definition) is 0. The highest BCUT2D eigenvalue weighted by molar-refractivity contribution is 7.98. The summed E-state index contributed by atoms with van der Waals surface area (Å²) in [4.78, 5) is 17.7. The van der Waals surface area contributed by atoms with Crippen LogP contribution in [0.3, 0.4) is 0 Å². The number of fused-ring (bicyclic) bond motifs is 1. The molecule has 148 valence electrons. The normalized spacial score (nSPS) is 11.3. The minimum Gasteiger partial charge on any atom is -0.286 e. The van der Waals surface area contributed by atoms with Crippen molar-refractivity contribution in [1.29, 1.82) is 0 Å². The Balaban J connectivity index is 1.65. The minimum atomic E-state index is -0.364. The van der Waals surface area contributed by atoms with Crippen LogP contribution in [0.4, 0.5) is 4.39 Å². The maximum atomic E-state index is 14.1. The SMILES string of the molecule is O=c1c2sccc2nc(SCc2c(F)cccc2Cl)n1CCc1ccc(Cl)cc1. The van der Waals surface area contributed by atoms with Crippen molar-refractivity contribution in [3.8, 4) is 0 Å². The number of hydrogen-bond acceptors (Lipinski definition) is 4. The maximum absolute atomic E-state index is 14.1. The van der Waals surface area contributed by atoms with E-state index < -0.39 is 0 Å². The number of aromatic nitrogens is 2. The molecule has 0 bridgehead atoms. The molecule has 0 N–H and O–H groups in total. The summed E-state index contributed by atoms with van der Waals surface area (Å²) in [6.45, 7) is 0.467. The summed E-state index contributed by atoms with van der Waals surface area (Å²) in [7, 11) is 0. The van der Waals surface area contributed by atoms with Crippen molar-refractivity contribution in [2.75, 3.05) is 0 Å². The number of rotatable bonds is 6. The Kier molecular flexibility index (Phi) is 6.25. The van der Waals surface area contributed by atoms with Gasteiger partial charge in [0.1, 0.15) is 10.5 Å². The zero-order valence-electron chi connectivity index (χ0n) is 15.1. The van der Waals surface area contributed by atoms with Crippen molar-refractivity contribution in [2.24, 2.45) is 0 Å². The lowest BCUT2D eigenvalue weighted by Crippen LogP contribution is -2.23. The number of benzene rings is 2. The molecular formula is C21H15Cl2FN2OS2. The molecule has 0 fully saturated rings. The maximum Gasteiger partial charge on any atom is 0.272 e. The third kappa shape index (κ3) is 4.51. The van der Waals surface area contributed by atoms with Gasteiger partial charge in [0.05, 0.1) is 5.52 Å². The molecule has 0 amide bonds. The summed E-state index contributed by atoms with van der Waals surface area (Å²) in [6, 6.07) is 14.0. The molecule has 3 nitrogen and oxygen atoms in total. The van der Waals surface area contributed by atoms with E-state index in [0.29, 0.717) is 43.9 Å². The second-order valence-electron chi connectivity index (χ2n) is 6.35. The number of thiophene rings is 1. The molecule has 2 aromatic heterocycles.